The number of hydrogen-bond acceptors (Lipinski definition) is 3. The summed E-state index contributed by atoms with van der Waals surface area (Å²) in [4.78, 5) is 31.5. The second kappa shape index (κ2) is 6.90. The Balaban J connectivity index is 1.84. The predicted octanol–water partition coefficient (Wildman–Crippen LogP) is 3.17. The first-order chi connectivity index (χ1) is 13.8. The molecule has 7 heteroatoms. The summed E-state index contributed by atoms with van der Waals surface area (Å²) >= 11 is 0. The van der Waals surface area contributed by atoms with E-state index in [2.05, 4.69) is 11.6 Å². The number of fused-ring (bicyclic) bond motifs is 1. The minimum absolute atomic E-state index is 0.0623. The molecule has 29 heavy (non-hydrogen) atoms. The van der Waals surface area contributed by atoms with Gasteiger partial charge in [-0.1, -0.05) is 6.58 Å². The van der Waals surface area contributed by atoms with Gasteiger partial charge in [0.1, 0.15) is 5.82 Å². The van der Waals surface area contributed by atoms with Crippen LogP contribution in [0.2, 0.25) is 0 Å². The number of carbonyl (C=O) groups excluding carboxylic acids is 2. The van der Waals surface area contributed by atoms with Crippen molar-refractivity contribution in [2.45, 2.75) is 45.1 Å². The summed E-state index contributed by atoms with van der Waals surface area (Å²) < 4.78 is 15.4. The number of benzene rings is 1. The first-order valence-electron chi connectivity index (χ1n) is 10.1. The fourth-order valence-electron chi connectivity index (χ4n) is 5.23. The molecule has 154 valence electrons. The predicted molar refractivity (Wildman–Crippen MR) is 112 cm³/mol. The van der Waals surface area contributed by atoms with Gasteiger partial charge in [-0.2, -0.15) is 0 Å². The van der Waals surface area contributed by atoms with Gasteiger partial charge in [-0.25, -0.2) is 4.39 Å². The minimum Gasteiger partial charge on any atom is -0.366 e. The van der Waals surface area contributed by atoms with E-state index in [4.69, 9.17) is 5.73 Å². The number of aromatic nitrogens is 1. The molecular weight excluding hydrogens is 371 g/mol. The smallest absolute Gasteiger partial charge is 0.250 e. The highest BCUT2D eigenvalue weighted by Crippen LogP contribution is 2.42. The number of carbonyl (C=O) groups is 2. The van der Waals surface area contributed by atoms with E-state index < -0.39 is 11.7 Å². The molecule has 2 fully saturated rings. The van der Waals surface area contributed by atoms with Crippen molar-refractivity contribution in [3.8, 4) is 0 Å². The van der Waals surface area contributed by atoms with Crippen LogP contribution in [0.1, 0.15) is 47.3 Å². The molecule has 0 bridgehead atoms. The summed E-state index contributed by atoms with van der Waals surface area (Å²) in [6.07, 6.45) is 4.97. The van der Waals surface area contributed by atoms with Gasteiger partial charge in [0.15, 0.2) is 0 Å². The summed E-state index contributed by atoms with van der Waals surface area (Å²) in [5, 5.41) is 0.702. The van der Waals surface area contributed by atoms with Crippen LogP contribution in [-0.2, 0) is 4.79 Å². The summed E-state index contributed by atoms with van der Waals surface area (Å²) in [5.41, 5.74) is 8.22. The summed E-state index contributed by atoms with van der Waals surface area (Å²) in [6.45, 7) is 9.44. The second-order valence-corrected chi connectivity index (χ2v) is 8.29. The van der Waals surface area contributed by atoms with E-state index in [1.54, 1.807) is 0 Å². The third kappa shape index (κ3) is 2.91. The van der Waals surface area contributed by atoms with Crippen LogP contribution >= 0.6 is 0 Å². The second-order valence-electron chi connectivity index (χ2n) is 8.29. The zero-order valence-electron chi connectivity index (χ0n) is 17.0. The molecule has 1 aromatic carbocycles. The van der Waals surface area contributed by atoms with E-state index in [9.17, 15) is 9.59 Å². The lowest BCUT2D eigenvalue weighted by atomic mass is 9.85. The average molecular weight is 398 g/mol. The molecule has 1 aromatic heterocycles. The first kappa shape index (κ1) is 19.5. The number of nitrogens with zero attached hydrogens (tertiary/aromatic N) is 2. The number of nitrogens with two attached hydrogens (primary N) is 1. The Labute approximate surface area is 169 Å². The molecule has 2 amide bonds. The molecule has 0 aliphatic carbocycles. The highest BCUT2D eigenvalue weighted by atomic mass is 19.1. The quantitative estimate of drug-likeness (QED) is 0.779. The van der Waals surface area contributed by atoms with E-state index in [1.807, 2.05) is 23.6 Å². The Hall–Kier alpha value is -2.83. The summed E-state index contributed by atoms with van der Waals surface area (Å²) in [6, 6.07) is 1.23. The number of H-pyrrole nitrogens is 1. The van der Waals surface area contributed by atoms with Crippen LogP contribution in [0.4, 0.5) is 10.1 Å². The van der Waals surface area contributed by atoms with E-state index in [-0.39, 0.29) is 17.0 Å². The third-order valence-electron chi connectivity index (χ3n) is 6.68. The summed E-state index contributed by atoms with van der Waals surface area (Å²) in [7, 11) is 0. The molecule has 1 spiro atoms. The van der Waals surface area contributed by atoms with Crippen molar-refractivity contribution in [1.29, 1.82) is 0 Å². The number of anilines is 1. The van der Waals surface area contributed by atoms with Crippen molar-refractivity contribution in [1.82, 2.24) is 9.88 Å². The monoisotopic (exact) mass is 398 g/mol. The van der Waals surface area contributed by atoms with Gasteiger partial charge >= 0.3 is 0 Å². The number of primary amides is 1. The fraction of sp³-hybridized carbons (Fsp3) is 0.455. The molecule has 2 aliphatic heterocycles. The SMILES string of the molecule is C=CC(=O)N1CCCC12CCCN(c1c(F)cc(C(N)=O)c3[nH]c(C)c(C)c13)C2. The molecule has 4 rings (SSSR count). The number of rotatable bonds is 3. The number of piperidine rings is 1. The number of hydrogen-bond donors (Lipinski definition) is 2. The zero-order valence-corrected chi connectivity index (χ0v) is 17.0. The van der Waals surface area contributed by atoms with E-state index in [0.717, 1.165) is 36.9 Å². The molecule has 0 radical (unpaired) electrons. The molecular formula is C22H27FN4O2. The Morgan fingerprint density at radius 3 is 2.62 bits per heavy atom. The molecule has 3 N–H and O–H groups in total. The maximum atomic E-state index is 15.4. The fourth-order valence-corrected chi connectivity index (χ4v) is 5.23. The maximum absolute atomic E-state index is 15.4. The molecule has 2 aliphatic rings. The van der Waals surface area contributed by atoms with Gasteiger partial charge < -0.3 is 20.5 Å². The summed E-state index contributed by atoms with van der Waals surface area (Å²) in [5.74, 6) is -1.17. The first-order valence-corrected chi connectivity index (χ1v) is 10.1. The third-order valence-corrected chi connectivity index (χ3v) is 6.68. The number of amides is 2. The zero-order chi connectivity index (χ0) is 20.9. The van der Waals surface area contributed by atoms with Gasteiger partial charge in [0, 0.05) is 30.7 Å². The maximum Gasteiger partial charge on any atom is 0.250 e. The van der Waals surface area contributed by atoms with Crippen molar-refractivity contribution < 1.29 is 14.0 Å². The number of nitrogens with one attached hydrogen (secondary N) is 1. The highest BCUT2D eigenvalue weighted by molar-refractivity contribution is 6.10. The Bertz CT molecular complexity index is 1030. The van der Waals surface area contributed by atoms with Gasteiger partial charge in [-0.15, -0.1) is 0 Å². The lowest BCUT2D eigenvalue weighted by molar-refractivity contribution is -0.130. The topological polar surface area (TPSA) is 82.4 Å². The van der Waals surface area contributed by atoms with Crippen molar-refractivity contribution >= 4 is 28.4 Å². The molecule has 1 atom stereocenters. The Kier molecular flexibility index (Phi) is 4.63. The van der Waals surface area contributed by atoms with Crippen molar-refractivity contribution in [3.63, 3.8) is 0 Å². The van der Waals surface area contributed by atoms with Crippen molar-refractivity contribution in [2.24, 2.45) is 5.73 Å². The molecule has 3 heterocycles. The average Bonchev–Trinajstić information content (AvgIpc) is 3.22. The molecule has 1 unspecified atom stereocenters. The molecule has 0 saturated carbocycles. The number of aromatic amines is 1. The van der Waals surface area contributed by atoms with Gasteiger partial charge in [0.05, 0.1) is 22.3 Å². The van der Waals surface area contributed by atoms with Crippen LogP contribution in [-0.4, -0.2) is 46.9 Å². The number of likely N-dealkylation sites (tertiary alicyclic amines) is 1. The minimum atomic E-state index is -0.657. The van der Waals surface area contributed by atoms with Gasteiger partial charge in [-0.05, 0) is 57.2 Å². The van der Waals surface area contributed by atoms with E-state index in [1.165, 1.54) is 12.1 Å². The van der Waals surface area contributed by atoms with Crippen molar-refractivity contribution in [2.75, 3.05) is 24.5 Å². The molecule has 2 aromatic rings. The van der Waals surface area contributed by atoms with Gasteiger partial charge in [0.25, 0.3) is 5.91 Å². The number of aryl methyl sites for hydroxylation is 2. The van der Waals surface area contributed by atoms with Crippen LogP contribution < -0.4 is 10.6 Å². The van der Waals surface area contributed by atoms with E-state index in [0.29, 0.717) is 36.2 Å². The highest BCUT2D eigenvalue weighted by Gasteiger charge is 2.46. The van der Waals surface area contributed by atoms with Crippen LogP contribution in [0.15, 0.2) is 18.7 Å². The standard InChI is InChI=1S/C22H27FN4O2/c1-4-17(28)27-10-6-8-22(27)7-5-9-26(12-22)20-16(23)11-15(21(24)29)19-18(20)13(2)14(3)25-19/h4,11,25H,1,5-10,12H2,2-3H3,(H2,24,29). The van der Waals surface area contributed by atoms with Crippen LogP contribution in [0, 0.1) is 19.7 Å². The van der Waals surface area contributed by atoms with E-state index >= 15 is 4.39 Å². The largest absolute Gasteiger partial charge is 0.366 e. The Morgan fingerprint density at radius 2 is 1.97 bits per heavy atom. The Morgan fingerprint density at radius 1 is 1.28 bits per heavy atom. The lowest BCUT2D eigenvalue weighted by Gasteiger charge is -2.46. The van der Waals surface area contributed by atoms with Crippen molar-refractivity contribution in [3.05, 3.63) is 41.4 Å². The normalized spacial score (nSPS) is 21.9. The van der Waals surface area contributed by atoms with Crippen LogP contribution in [0.3, 0.4) is 0 Å². The van der Waals surface area contributed by atoms with Gasteiger partial charge in [0.2, 0.25) is 5.91 Å². The number of halogens is 1. The van der Waals surface area contributed by atoms with Crippen LogP contribution in [0.25, 0.3) is 10.9 Å². The van der Waals surface area contributed by atoms with Gasteiger partial charge in [-0.3, -0.25) is 9.59 Å². The van der Waals surface area contributed by atoms with Crippen LogP contribution in [0.5, 0.6) is 0 Å². The lowest BCUT2D eigenvalue weighted by Crippen LogP contribution is -2.57. The molecule has 2 saturated heterocycles. The molecule has 6 nitrogen and oxygen atoms in total.